The topological polar surface area (TPSA) is 56.6 Å². The second kappa shape index (κ2) is 6.16. The summed E-state index contributed by atoms with van der Waals surface area (Å²) in [5.74, 6) is 0. The van der Waals surface area contributed by atoms with Crippen molar-refractivity contribution in [3.05, 3.63) is 24.0 Å². The van der Waals surface area contributed by atoms with E-state index in [2.05, 4.69) is 9.88 Å². The molecule has 1 fully saturated rings. The average Bonchev–Trinajstić information content (AvgIpc) is 2.46. The Balaban J connectivity index is 2.12. The molecule has 0 aromatic carbocycles. The molecular formula is C14H22N2O2. The van der Waals surface area contributed by atoms with Gasteiger partial charge in [0.05, 0.1) is 36.3 Å². The highest BCUT2D eigenvalue weighted by atomic mass is 16.3. The first-order valence-electron chi connectivity index (χ1n) is 6.77. The van der Waals surface area contributed by atoms with Gasteiger partial charge < -0.3 is 15.1 Å². The maximum atomic E-state index is 9.71. The molecule has 0 saturated carbocycles. The van der Waals surface area contributed by atoms with Crippen LogP contribution in [0.3, 0.4) is 0 Å². The highest BCUT2D eigenvalue weighted by molar-refractivity contribution is 5.46. The number of anilines is 1. The molecule has 100 valence electrons. The molecule has 1 aliphatic heterocycles. The van der Waals surface area contributed by atoms with Crippen molar-refractivity contribution in [2.75, 3.05) is 18.1 Å². The third kappa shape index (κ3) is 2.82. The van der Waals surface area contributed by atoms with Crippen molar-refractivity contribution in [2.24, 2.45) is 0 Å². The predicted octanol–water partition coefficient (Wildman–Crippen LogP) is 1.88. The molecule has 0 aliphatic carbocycles. The summed E-state index contributed by atoms with van der Waals surface area (Å²) in [5, 5.41) is 19.1. The van der Waals surface area contributed by atoms with Gasteiger partial charge in [0.2, 0.25) is 0 Å². The van der Waals surface area contributed by atoms with E-state index in [1.807, 2.05) is 25.3 Å². The Labute approximate surface area is 108 Å². The molecule has 1 aromatic rings. The van der Waals surface area contributed by atoms with Crippen LogP contribution in [-0.4, -0.2) is 34.4 Å². The highest BCUT2D eigenvalue weighted by Crippen LogP contribution is 2.25. The largest absolute Gasteiger partial charge is 0.394 e. The zero-order valence-electron chi connectivity index (χ0n) is 10.9. The molecule has 1 aromatic heterocycles. The molecule has 1 aliphatic rings. The summed E-state index contributed by atoms with van der Waals surface area (Å²) in [6, 6.07) is 4.09. The lowest BCUT2D eigenvalue weighted by Crippen LogP contribution is -2.41. The van der Waals surface area contributed by atoms with E-state index >= 15 is 0 Å². The number of rotatable bonds is 4. The van der Waals surface area contributed by atoms with Gasteiger partial charge in [0, 0.05) is 6.54 Å². The van der Waals surface area contributed by atoms with Crippen LogP contribution in [0.2, 0.25) is 0 Å². The minimum Gasteiger partial charge on any atom is -0.394 e. The Kier molecular flexibility index (Phi) is 4.55. The Morgan fingerprint density at radius 1 is 1.44 bits per heavy atom. The Morgan fingerprint density at radius 2 is 2.28 bits per heavy atom. The lowest BCUT2D eigenvalue weighted by Gasteiger charge is -2.36. The van der Waals surface area contributed by atoms with Crippen molar-refractivity contribution in [3.8, 4) is 0 Å². The van der Waals surface area contributed by atoms with Crippen LogP contribution in [0.4, 0.5) is 5.69 Å². The standard InChI is InChI=1S/C14H22N2O2/c1-2-14(18)13-7-6-11(9-15-13)16-8-4-3-5-12(16)10-17/h6-7,9,12,14,17-18H,2-5,8,10H2,1H3/t12?,14-/m0/s1. The summed E-state index contributed by atoms with van der Waals surface area (Å²) in [5.41, 5.74) is 1.76. The quantitative estimate of drug-likeness (QED) is 0.856. The summed E-state index contributed by atoms with van der Waals surface area (Å²) in [4.78, 5) is 6.54. The zero-order valence-corrected chi connectivity index (χ0v) is 10.9. The first-order valence-corrected chi connectivity index (χ1v) is 6.77. The molecule has 4 heteroatoms. The Bertz CT molecular complexity index is 367. The van der Waals surface area contributed by atoms with Gasteiger partial charge in [0.25, 0.3) is 0 Å². The minimum absolute atomic E-state index is 0.194. The van der Waals surface area contributed by atoms with E-state index in [1.54, 1.807) is 0 Å². The molecule has 2 rings (SSSR count). The summed E-state index contributed by atoms with van der Waals surface area (Å²) in [7, 11) is 0. The smallest absolute Gasteiger partial charge is 0.0957 e. The van der Waals surface area contributed by atoms with Crippen molar-refractivity contribution in [1.82, 2.24) is 4.98 Å². The van der Waals surface area contributed by atoms with Gasteiger partial charge in [-0.1, -0.05) is 6.92 Å². The summed E-state index contributed by atoms with van der Waals surface area (Å²) >= 11 is 0. The summed E-state index contributed by atoms with van der Waals surface area (Å²) in [6.07, 6.45) is 5.39. The van der Waals surface area contributed by atoms with E-state index in [0.29, 0.717) is 6.42 Å². The van der Waals surface area contributed by atoms with Crippen molar-refractivity contribution in [2.45, 2.75) is 44.8 Å². The lowest BCUT2D eigenvalue weighted by atomic mass is 10.0. The van der Waals surface area contributed by atoms with Gasteiger partial charge >= 0.3 is 0 Å². The summed E-state index contributed by atoms with van der Waals surface area (Å²) in [6.45, 7) is 3.11. The van der Waals surface area contributed by atoms with E-state index in [1.165, 1.54) is 6.42 Å². The lowest BCUT2D eigenvalue weighted by molar-refractivity contribution is 0.169. The number of hydrogen-bond acceptors (Lipinski definition) is 4. The molecule has 2 atom stereocenters. The van der Waals surface area contributed by atoms with Crippen LogP contribution in [0.15, 0.2) is 18.3 Å². The molecule has 2 N–H and O–H groups in total. The van der Waals surface area contributed by atoms with E-state index in [-0.39, 0.29) is 12.6 Å². The van der Waals surface area contributed by atoms with E-state index < -0.39 is 6.10 Å². The molecule has 18 heavy (non-hydrogen) atoms. The molecule has 0 bridgehead atoms. The van der Waals surface area contributed by atoms with Gasteiger partial charge in [-0.2, -0.15) is 0 Å². The van der Waals surface area contributed by atoms with Gasteiger partial charge in [-0.25, -0.2) is 0 Å². The van der Waals surface area contributed by atoms with Gasteiger partial charge in [-0.3, -0.25) is 4.98 Å². The van der Waals surface area contributed by atoms with Crippen LogP contribution in [0.5, 0.6) is 0 Å². The zero-order chi connectivity index (χ0) is 13.0. The second-order valence-electron chi connectivity index (χ2n) is 4.89. The normalized spacial score (nSPS) is 21.9. The first kappa shape index (κ1) is 13.3. The molecule has 4 nitrogen and oxygen atoms in total. The van der Waals surface area contributed by atoms with E-state index in [9.17, 15) is 10.2 Å². The maximum absolute atomic E-state index is 9.71. The van der Waals surface area contributed by atoms with Gasteiger partial charge in [-0.15, -0.1) is 0 Å². The second-order valence-corrected chi connectivity index (χ2v) is 4.89. The minimum atomic E-state index is -0.478. The van der Waals surface area contributed by atoms with Gasteiger partial charge in [0.15, 0.2) is 0 Å². The third-order valence-corrected chi connectivity index (χ3v) is 3.67. The fourth-order valence-electron chi connectivity index (χ4n) is 2.50. The van der Waals surface area contributed by atoms with Crippen molar-refractivity contribution >= 4 is 5.69 Å². The van der Waals surface area contributed by atoms with Crippen LogP contribution in [0, 0.1) is 0 Å². The highest BCUT2D eigenvalue weighted by Gasteiger charge is 2.22. The molecule has 1 saturated heterocycles. The number of piperidine rings is 1. The third-order valence-electron chi connectivity index (χ3n) is 3.67. The fourth-order valence-corrected chi connectivity index (χ4v) is 2.50. The van der Waals surface area contributed by atoms with E-state index in [4.69, 9.17) is 0 Å². The van der Waals surface area contributed by atoms with Crippen LogP contribution >= 0.6 is 0 Å². The van der Waals surface area contributed by atoms with E-state index in [0.717, 1.165) is 30.8 Å². The van der Waals surface area contributed by atoms with Crippen molar-refractivity contribution in [3.63, 3.8) is 0 Å². The molecule has 0 amide bonds. The number of aliphatic hydroxyl groups excluding tert-OH is 2. The number of nitrogens with zero attached hydrogens (tertiary/aromatic N) is 2. The van der Waals surface area contributed by atoms with Crippen molar-refractivity contribution in [1.29, 1.82) is 0 Å². The average molecular weight is 250 g/mol. The van der Waals surface area contributed by atoms with Gasteiger partial charge in [-0.05, 0) is 37.8 Å². The number of pyridine rings is 1. The van der Waals surface area contributed by atoms with Crippen LogP contribution in [0.1, 0.15) is 44.4 Å². The number of aromatic nitrogens is 1. The van der Waals surface area contributed by atoms with Crippen LogP contribution in [0.25, 0.3) is 0 Å². The van der Waals surface area contributed by atoms with Crippen LogP contribution in [-0.2, 0) is 0 Å². The fraction of sp³-hybridized carbons (Fsp3) is 0.643. The molecule has 0 radical (unpaired) electrons. The van der Waals surface area contributed by atoms with Crippen LogP contribution < -0.4 is 4.90 Å². The number of aliphatic hydroxyl groups is 2. The molecular weight excluding hydrogens is 228 g/mol. The molecule has 0 spiro atoms. The van der Waals surface area contributed by atoms with Crippen molar-refractivity contribution < 1.29 is 10.2 Å². The molecule has 2 heterocycles. The first-order chi connectivity index (χ1) is 8.76. The number of hydrogen-bond donors (Lipinski definition) is 2. The van der Waals surface area contributed by atoms with Gasteiger partial charge in [0.1, 0.15) is 0 Å². The maximum Gasteiger partial charge on any atom is 0.0957 e. The monoisotopic (exact) mass is 250 g/mol. The Hall–Kier alpha value is -1.13. The summed E-state index contributed by atoms with van der Waals surface area (Å²) < 4.78 is 0. The SMILES string of the molecule is CC[C@H](O)c1ccc(N2CCCCC2CO)cn1. The predicted molar refractivity (Wildman–Crippen MR) is 71.6 cm³/mol. The Morgan fingerprint density at radius 3 is 2.89 bits per heavy atom. The molecule has 1 unspecified atom stereocenters.